The summed E-state index contributed by atoms with van der Waals surface area (Å²) in [5, 5.41) is 3.88. The zero-order chi connectivity index (χ0) is 19.5. The van der Waals surface area contributed by atoms with Gasteiger partial charge in [-0.15, -0.1) is 11.3 Å². The number of rotatable bonds is 5. The molecule has 0 fully saturated rings. The molecule has 1 aromatic carbocycles. The summed E-state index contributed by atoms with van der Waals surface area (Å²) in [7, 11) is 0. The van der Waals surface area contributed by atoms with Crippen molar-refractivity contribution in [2.75, 3.05) is 13.1 Å². The zero-order valence-electron chi connectivity index (χ0n) is 16.2. The Hall–Kier alpha value is -2.57. The summed E-state index contributed by atoms with van der Waals surface area (Å²) in [5.41, 5.74) is 4.39. The number of hydrogen-bond donors (Lipinski definition) is 1. The van der Waals surface area contributed by atoms with E-state index in [-0.39, 0.29) is 11.9 Å². The molecule has 1 aliphatic heterocycles. The van der Waals surface area contributed by atoms with Crippen molar-refractivity contribution in [1.29, 1.82) is 0 Å². The van der Waals surface area contributed by atoms with Crippen molar-refractivity contribution < 1.29 is 4.79 Å². The van der Waals surface area contributed by atoms with Crippen molar-refractivity contribution in [2.24, 2.45) is 0 Å². The third-order valence-electron chi connectivity index (χ3n) is 5.23. The molecule has 1 amide bonds. The first-order chi connectivity index (χ1) is 13.6. The van der Waals surface area contributed by atoms with Crippen molar-refractivity contribution in [2.45, 2.75) is 32.9 Å². The Balaban J connectivity index is 1.38. The minimum atomic E-state index is -0.0542. The van der Waals surface area contributed by atoms with Crippen LogP contribution in [0.3, 0.4) is 0 Å². The van der Waals surface area contributed by atoms with Gasteiger partial charge in [0.2, 0.25) is 0 Å². The van der Waals surface area contributed by atoms with E-state index in [4.69, 9.17) is 0 Å². The van der Waals surface area contributed by atoms with Crippen LogP contribution in [0.5, 0.6) is 0 Å². The number of nitrogens with zero attached hydrogens (tertiary/aromatic N) is 3. The highest BCUT2D eigenvalue weighted by Crippen LogP contribution is 2.26. The molecule has 144 valence electrons. The summed E-state index contributed by atoms with van der Waals surface area (Å²) in [6.45, 7) is 6.64. The van der Waals surface area contributed by atoms with Gasteiger partial charge in [0.25, 0.3) is 5.91 Å². The number of pyridine rings is 1. The molecule has 0 aliphatic carbocycles. The minimum Gasteiger partial charge on any atom is -0.350 e. The van der Waals surface area contributed by atoms with Crippen LogP contribution >= 0.6 is 11.3 Å². The number of thiazole rings is 1. The largest absolute Gasteiger partial charge is 0.350 e. The third-order valence-corrected chi connectivity index (χ3v) is 6.41. The van der Waals surface area contributed by atoms with E-state index in [0.717, 1.165) is 35.9 Å². The first kappa shape index (κ1) is 18.8. The molecule has 0 saturated heterocycles. The fourth-order valence-electron chi connectivity index (χ4n) is 3.55. The standard InChI is InChI=1S/C22H24N4OS/c1-15(26-12-10-17-7-3-4-8-18(17)14-26)13-24-21(27)20-16(2)25-22(28-20)19-9-5-6-11-23-19/h3-9,11,15H,10,12-14H2,1-2H3,(H,24,27). The molecule has 0 saturated carbocycles. The maximum atomic E-state index is 12.7. The van der Waals surface area contributed by atoms with Gasteiger partial charge in [-0.3, -0.25) is 14.7 Å². The molecule has 1 aliphatic rings. The van der Waals surface area contributed by atoms with Gasteiger partial charge < -0.3 is 5.32 Å². The smallest absolute Gasteiger partial charge is 0.263 e. The number of hydrogen-bond acceptors (Lipinski definition) is 5. The Bertz CT molecular complexity index is 970. The van der Waals surface area contributed by atoms with Crippen LogP contribution in [0.15, 0.2) is 48.7 Å². The molecule has 0 bridgehead atoms. The fourth-order valence-corrected chi connectivity index (χ4v) is 4.51. The van der Waals surface area contributed by atoms with Crippen molar-refractivity contribution in [3.05, 3.63) is 70.4 Å². The summed E-state index contributed by atoms with van der Waals surface area (Å²) in [4.78, 5) is 24.7. The lowest BCUT2D eigenvalue weighted by Gasteiger charge is -2.33. The number of nitrogens with one attached hydrogen (secondary N) is 1. The molecule has 1 atom stereocenters. The van der Waals surface area contributed by atoms with Crippen LogP contribution in [0, 0.1) is 6.92 Å². The maximum absolute atomic E-state index is 12.7. The first-order valence-corrected chi connectivity index (χ1v) is 10.4. The number of aromatic nitrogens is 2. The molecule has 2 aromatic heterocycles. The lowest BCUT2D eigenvalue weighted by atomic mass is 9.99. The normalized spacial score (nSPS) is 15.1. The second-order valence-corrected chi connectivity index (χ2v) is 8.20. The quantitative estimate of drug-likeness (QED) is 0.719. The van der Waals surface area contributed by atoms with Crippen LogP contribution in [0.1, 0.15) is 33.4 Å². The van der Waals surface area contributed by atoms with E-state index >= 15 is 0 Å². The van der Waals surface area contributed by atoms with Crippen LogP contribution in [-0.4, -0.2) is 39.9 Å². The minimum absolute atomic E-state index is 0.0542. The lowest BCUT2D eigenvalue weighted by molar-refractivity contribution is 0.0935. The van der Waals surface area contributed by atoms with Crippen molar-refractivity contribution >= 4 is 17.2 Å². The van der Waals surface area contributed by atoms with Gasteiger partial charge in [-0.25, -0.2) is 4.98 Å². The van der Waals surface area contributed by atoms with Gasteiger partial charge in [0.05, 0.1) is 11.4 Å². The average Bonchev–Trinajstić information content (AvgIpc) is 3.14. The fraction of sp³-hybridized carbons (Fsp3) is 0.318. The van der Waals surface area contributed by atoms with Crippen molar-refractivity contribution in [1.82, 2.24) is 20.2 Å². The van der Waals surface area contributed by atoms with Crippen LogP contribution < -0.4 is 5.32 Å². The van der Waals surface area contributed by atoms with Crippen LogP contribution in [0.4, 0.5) is 0 Å². The SMILES string of the molecule is Cc1nc(-c2ccccn2)sc1C(=O)NCC(C)N1CCc2ccccc2C1. The lowest BCUT2D eigenvalue weighted by Crippen LogP contribution is -2.44. The number of fused-ring (bicyclic) bond motifs is 1. The van der Waals surface area contributed by atoms with Crippen molar-refractivity contribution in [3.63, 3.8) is 0 Å². The summed E-state index contributed by atoms with van der Waals surface area (Å²) < 4.78 is 0. The molecule has 3 heterocycles. The topological polar surface area (TPSA) is 58.1 Å². The van der Waals surface area contributed by atoms with Gasteiger partial charge in [0, 0.05) is 31.9 Å². The Labute approximate surface area is 169 Å². The summed E-state index contributed by atoms with van der Waals surface area (Å²) in [6.07, 6.45) is 2.81. The van der Waals surface area contributed by atoms with E-state index in [0.29, 0.717) is 11.4 Å². The number of amides is 1. The highest BCUT2D eigenvalue weighted by Gasteiger charge is 2.22. The molecule has 1 N–H and O–H groups in total. The van der Waals surface area contributed by atoms with Crippen LogP contribution in [0.25, 0.3) is 10.7 Å². The number of aryl methyl sites for hydroxylation is 1. The third kappa shape index (κ3) is 3.98. The predicted molar refractivity (Wildman–Crippen MR) is 112 cm³/mol. The summed E-state index contributed by atoms with van der Waals surface area (Å²) >= 11 is 1.40. The van der Waals surface area contributed by atoms with Crippen LogP contribution in [-0.2, 0) is 13.0 Å². The molecule has 4 rings (SSSR count). The predicted octanol–water partition coefficient (Wildman–Crippen LogP) is 3.69. The van der Waals surface area contributed by atoms with E-state index in [1.54, 1.807) is 6.20 Å². The first-order valence-electron chi connectivity index (χ1n) is 9.59. The molecule has 28 heavy (non-hydrogen) atoms. The average molecular weight is 393 g/mol. The molecule has 0 spiro atoms. The Morgan fingerprint density at radius 1 is 1.21 bits per heavy atom. The molecule has 6 heteroatoms. The molecule has 5 nitrogen and oxygen atoms in total. The number of carbonyl (C=O) groups is 1. The van der Waals surface area contributed by atoms with E-state index in [1.807, 2.05) is 25.1 Å². The monoisotopic (exact) mass is 392 g/mol. The molecule has 3 aromatic rings. The Morgan fingerprint density at radius 2 is 2.00 bits per heavy atom. The molecular weight excluding hydrogens is 368 g/mol. The van der Waals surface area contributed by atoms with Gasteiger partial charge in [-0.1, -0.05) is 30.3 Å². The number of benzene rings is 1. The van der Waals surface area contributed by atoms with Gasteiger partial charge in [-0.2, -0.15) is 0 Å². The van der Waals surface area contributed by atoms with Gasteiger partial charge in [-0.05, 0) is 43.5 Å². The second kappa shape index (κ2) is 8.20. The molecular formula is C22H24N4OS. The summed E-state index contributed by atoms with van der Waals surface area (Å²) in [6, 6.07) is 14.6. The Kier molecular flexibility index (Phi) is 5.50. The molecule has 0 radical (unpaired) electrons. The van der Waals surface area contributed by atoms with Crippen molar-refractivity contribution in [3.8, 4) is 10.7 Å². The Morgan fingerprint density at radius 3 is 2.79 bits per heavy atom. The van der Waals surface area contributed by atoms with Gasteiger partial charge >= 0.3 is 0 Å². The van der Waals surface area contributed by atoms with Crippen LogP contribution in [0.2, 0.25) is 0 Å². The molecule has 1 unspecified atom stereocenters. The second-order valence-electron chi connectivity index (χ2n) is 7.20. The van der Waals surface area contributed by atoms with E-state index in [9.17, 15) is 4.79 Å². The highest BCUT2D eigenvalue weighted by atomic mass is 32.1. The highest BCUT2D eigenvalue weighted by molar-refractivity contribution is 7.17. The van der Waals surface area contributed by atoms with E-state index in [1.165, 1.54) is 22.5 Å². The van der Waals surface area contributed by atoms with Gasteiger partial charge in [0.15, 0.2) is 0 Å². The number of carbonyl (C=O) groups excluding carboxylic acids is 1. The maximum Gasteiger partial charge on any atom is 0.263 e. The van der Waals surface area contributed by atoms with Gasteiger partial charge in [0.1, 0.15) is 9.88 Å². The van der Waals surface area contributed by atoms with E-state index < -0.39 is 0 Å². The van der Waals surface area contributed by atoms with E-state index in [2.05, 4.69) is 51.4 Å². The summed E-state index contributed by atoms with van der Waals surface area (Å²) in [5.74, 6) is -0.0542. The zero-order valence-corrected chi connectivity index (χ0v) is 17.0.